The second-order valence-corrected chi connectivity index (χ2v) is 6.82. The average molecular weight is 432 g/mol. The second-order valence-electron chi connectivity index (χ2n) is 6.82. The monoisotopic (exact) mass is 432 g/mol. The first-order valence-electron chi connectivity index (χ1n) is 9.54. The molecule has 32 heavy (non-hydrogen) atoms. The van der Waals surface area contributed by atoms with Gasteiger partial charge in [-0.05, 0) is 55.5 Å². The number of nitrogens with one attached hydrogen (secondary N) is 2. The van der Waals surface area contributed by atoms with Gasteiger partial charge in [0.15, 0.2) is 11.5 Å². The number of benzene rings is 2. The van der Waals surface area contributed by atoms with Gasteiger partial charge in [-0.1, -0.05) is 12.1 Å². The molecule has 0 bridgehead atoms. The third-order valence-corrected chi connectivity index (χ3v) is 4.55. The van der Waals surface area contributed by atoms with Gasteiger partial charge < -0.3 is 15.1 Å². The molecule has 0 spiro atoms. The summed E-state index contributed by atoms with van der Waals surface area (Å²) in [4.78, 5) is 37.0. The predicted molar refractivity (Wildman–Crippen MR) is 116 cm³/mol. The van der Waals surface area contributed by atoms with Crippen LogP contribution < -0.4 is 16.1 Å². The van der Waals surface area contributed by atoms with Crippen molar-refractivity contribution in [2.75, 3.05) is 10.6 Å². The van der Waals surface area contributed by atoms with E-state index in [9.17, 15) is 18.8 Å². The molecule has 0 atom stereocenters. The number of aromatic nitrogens is 2. The summed E-state index contributed by atoms with van der Waals surface area (Å²) in [5.74, 6) is -1.53. The van der Waals surface area contributed by atoms with Gasteiger partial charge >= 0.3 is 0 Å². The molecule has 2 amide bonds. The number of carbonyl (C=O) groups is 2. The predicted octanol–water partition coefficient (Wildman–Crippen LogP) is 3.78. The number of rotatable bonds is 5. The first kappa shape index (κ1) is 20.7. The van der Waals surface area contributed by atoms with Crippen LogP contribution in [0.1, 0.15) is 26.7 Å². The van der Waals surface area contributed by atoms with Crippen LogP contribution in [0.5, 0.6) is 0 Å². The largest absolute Gasteiger partial charge is 0.459 e. The molecule has 0 radical (unpaired) electrons. The SMILES string of the molecule is Cc1cc(=O)c(C(=O)Nc2ccc(NC(=O)c3ccco3)cc2)nn1-c1ccccc1F. The fraction of sp³-hybridized carbons (Fsp3) is 0.0435. The minimum Gasteiger partial charge on any atom is -0.459 e. The van der Waals surface area contributed by atoms with Gasteiger partial charge in [-0.3, -0.25) is 14.4 Å². The zero-order chi connectivity index (χ0) is 22.7. The molecule has 0 aliphatic carbocycles. The Labute approximate surface area is 181 Å². The van der Waals surface area contributed by atoms with Gasteiger partial charge in [-0.2, -0.15) is 5.10 Å². The Bertz CT molecular complexity index is 1350. The highest BCUT2D eigenvalue weighted by atomic mass is 19.1. The lowest BCUT2D eigenvalue weighted by atomic mass is 10.2. The number of para-hydroxylation sites is 1. The summed E-state index contributed by atoms with van der Waals surface area (Å²) in [6, 6.07) is 16.6. The van der Waals surface area contributed by atoms with Crippen molar-refractivity contribution in [1.82, 2.24) is 9.78 Å². The van der Waals surface area contributed by atoms with Gasteiger partial charge in [0.25, 0.3) is 11.8 Å². The molecular weight excluding hydrogens is 415 g/mol. The number of carbonyl (C=O) groups excluding carboxylic acids is 2. The molecule has 2 N–H and O–H groups in total. The Morgan fingerprint density at radius 3 is 2.22 bits per heavy atom. The quantitative estimate of drug-likeness (QED) is 0.499. The lowest BCUT2D eigenvalue weighted by Gasteiger charge is -2.12. The second kappa shape index (κ2) is 8.68. The van der Waals surface area contributed by atoms with E-state index in [4.69, 9.17) is 4.42 Å². The van der Waals surface area contributed by atoms with E-state index in [-0.39, 0.29) is 17.1 Å². The van der Waals surface area contributed by atoms with Crippen molar-refractivity contribution < 1.29 is 18.4 Å². The number of anilines is 2. The van der Waals surface area contributed by atoms with Gasteiger partial charge in [0.2, 0.25) is 5.43 Å². The zero-order valence-electron chi connectivity index (χ0n) is 16.8. The molecule has 9 heteroatoms. The molecule has 4 rings (SSSR count). The maximum atomic E-state index is 14.2. The number of hydrogen-bond acceptors (Lipinski definition) is 5. The Hall–Kier alpha value is -4.53. The van der Waals surface area contributed by atoms with Crippen LogP contribution in [0.3, 0.4) is 0 Å². The topological polar surface area (TPSA) is 106 Å². The summed E-state index contributed by atoms with van der Waals surface area (Å²) in [6.45, 7) is 1.60. The highest BCUT2D eigenvalue weighted by molar-refractivity contribution is 6.04. The Morgan fingerprint density at radius 2 is 1.59 bits per heavy atom. The van der Waals surface area contributed by atoms with E-state index in [1.54, 1.807) is 43.3 Å². The molecular formula is C23H17FN4O4. The van der Waals surface area contributed by atoms with Gasteiger partial charge in [0, 0.05) is 23.1 Å². The fourth-order valence-corrected chi connectivity index (χ4v) is 3.00. The summed E-state index contributed by atoms with van der Waals surface area (Å²) >= 11 is 0. The molecule has 0 fully saturated rings. The minimum atomic E-state index is -0.743. The Balaban J connectivity index is 1.53. The normalized spacial score (nSPS) is 10.6. The van der Waals surface area contributed by atoms with Crippen LogP contribution in [0.25, 0.3) is 5.69 Å². The van der Waals surface area contributed by atoms with E-state index in [1.165, 1.54) is 41.3 Å². The first-order valence-corrected chi connectivity index (χ1v) is 9.54. The van der Waals surface area contributed by atoms with E-state index in [1.807, 2.05) is 0 Å². The van der Waals surface area contributed by atoms with E-state index >= 15 is 0 Å². The first-order chi connectivity index (χ1) is 15.4. The number of furan rings is 1. The van der Waals surface area contributed by atoms with Crippen LogP contribution in [0, 0.1) is 12.7 Å². The van der Waals surface area contributed by atoms with Crippen LogP contribution in [0.2, 0.25) is 0 Å². The summed E-state index contributed by atoms with van der Waals surface area (Å²) < 4.78 is 20.4. The van der Waals surface area contributed by atoms with Crippen molar-refractivity contribution in [2.24, 2.45) is 0 Å². The number of halogens is 1. The van der Waals surface area contributed by atoms with Crippen molar-refractivity contribution >= 4 is 23.2 Å². The highest BCUT2D eigenvalue weighted by Gasteiger charge is 2.17. The van der Waals surface area contributed by atoms with E-state index in [0.717, 1.165) is 0 Å². The van der Waals surface area contributed by atoms with Crippen LogP contribution in [0.15, 0.2) is 82.2 Å². The Morgan fingerprint density at radius 1 is 0.938 bits per heavy atom. The summed E-state index contributed by atoms with van der Waals surface area (Å²) in [5, 5.41) is 9.31. The fourth-order valence-electron chi connectivity index (χ4n) is 3.00. The molecule has 160 valence electrons. The van der Waals surface area contributed by atoms with Crippen molar-refractivity contribution in [3.8, 4) is 5.69 Å². The van der Waals surface area contributed by atoms with Crippen molar-refractivity contribution in [2.45, 2.75) is 6.92 Å². The minimum absolute atomic E-state index is 0.121. The number of amides is 2. The van der Waals surface area contributed by atoms with E-state index < -0.39 is 23.1 Å². The lowest BCUT2D eigenvalue weighted by molar-refractivity contribution is 0.0993. The van der Waals surface area contributed by atoms with Gasteiger partial charge in [-0.15, -0.1) is 0 Å². The maximum Gasteiger partial charge on any atom is 0.291 e. The molecule has 0 unspecified atom stereocenters. The van der Waals surface area contributed by atoms with Gasteiger partial charge in [-0.25, -0.2) is 9.07 Å². The van der Waals surface area contributed by atoms with Crippen LogP contribution in [-0.2, 0) is 0 Å². The molecule has 2 heterocycles. The molecule has 0 aliphatic rings. The smallest absolute Gasteiger partial charge is 0.291 e. The average Bonchev–Trinajstić information content (AvgIpc) is 3.31. The number of nitrogens with zero attached hydrogens (tertiary/aromatic N) is 2. The Kier molecular flexibility index (Phi) is 5.63. The van der Waals surface area contributed by atoms with Crippen molar-refractivity contribution in [1.29, 1.82) is 0 Å². The van der Waals surface area contributed by atoms with Crippen LogP contribution >= 0.6 is 0 Å². The molecule has 0 saturated heterocycles. The number of aryl methyl sites for hydroxylation is 1. The zero-order valence-corrected chi connectivity index (χ0v) is 16.8. The summed E-state index contributed by atoms with van der Waals surface area (Å²) in [7, 11) is 0. The standard InChI is InChI=1S/C23H17FN4O4/c1-14-13-19(29)21(27-28(14)18-6-3-2-5-17(18)24)23(31)26-16-10-8-15(9-11-16)25-22(30)20-7-4-12-32-20/h2-13H,1H3,(H,25,30)(H,26,31). The van der Waals surface area contributed by atoms with Gasteiger partial charge in [0.05, 0.1) is 6.26 Å². The summed E-state index contributed by atoms with van der Waals surface area (Å²) in [6.07, 6.45) is 1.40. The molecule has 8 nitrogen and oxygen atoms in total. The van der Waals surface area contributed by atoms with Crippen LogP contribution in [0.4, 0.5) is 15.8 Å². The third kappa shape index (κ3) is 4.31. The summed E-state index contributed by atoms with van der Waals surface area (Å²) in [5.41, 5.74) is 0.401. The molecule has 2 aromatic heterocycles. The molecule has 4 aromatic rings. The number of hydrogen-bond donors (Lipinski definition) is 2. The molecule has 2 aromatic carbocycles. The lowest BCUT2D eigenvalue weighted by Crippen LogP contribution is -2.27. The molecule has 0 aliphatic heterocycles. The van der Waals surface area contributed by atoms with Crippen LogP contribution in [-0.4, -0.2) is 21.6 Å². The van der Waals surface area contributed by atoms with Crippen molar-refractivity contribution in [3.63, 3.8) is 0 Å². The van der Waals surface area contributed by atoms with E-state index in [2.05, 4.69) is 15.7 Å². The van der Waals surface area contributed by atoms with E-state index in [0.29, 0.717) is 17.1 Å². The maximum absolute atomic E-state index is 14.2. The molecule has 0 saturated carbocycles. The highest BCUT2D eigenvalue weighted by Crippen LogP contribution is 2.16. The third-order valence-electron chi connectivity index (χ3n) is 4.55. The van der Waals surface area contributed by atoms with Crippen molar-refractivity contribution in [3.05, 3.63) is 106 Å². The van der Waals surface area contributed by atoms with Gasteiger partial charge in [0.1, 0.15) is 11.5 Å².